The Morgan fingerprint density at radius 2 is 1.64 bits per heavy atom. The van der Waals surface area contributed by atoms with Gasteiger partial charge in [-0.15, -0.1) is 0 Å². The van der Waals surface area contributed by atoms with Gasteiger partial charge in [0.15, 0.2) is 0 Å². The second kappa shape index (κ2) is 6.14. The van der Waals surface area contributed by atoms with Crippen molar-refractivity contribution in [2.24, 2.45) is 0 Å². The van der Waals surface area contributed by atoms with E-state index in [4.69, 9.17) is 0 Å². The lowest BCUT2D eigenvalue weighted by molar-refractivity contribution is 0.0700. The molecule has 0 fully saturated rings. The summed E-state index contributed by atoms with van der Waals surface area (Å²) in [5.41, 5.74) is -0.633. The molecule has 0 radical (unpaired) electrons. The van der Waals surface area contributed by atoms with Crippen molar-refractivity contribution in [1.82, 2.24) is 0 Å². The minimum atomic E-state index is -4.22. The maximum atomic E-state index is 13.5. The smallest absolute Gasteiger partial charge is 0.338 e. The van der Waals surface area contributed by atoms with Gasteiger partial charge in [0.05, 0.1) is 16.1 Å². The van der Waals surface area contributed by atoms with Crippen LogP contribution in [0.2, 0.25) is 0 Å². The first-order valence-electron chi connectivity index (χ1n) is 7.02. The van der Waals surface area contributed by atoms with Gasteiger partial charge in [-0.25, -0.2) is 22.0 Å². The summed E-state index contributed by atoms with van der Waals surface area (Å²) >= 11 is 0. The summed E-state index contributed by atoms with van der Waals surface area (Å²) in [7, 11) is -4.22. The molecule has 5 nitrogen and oxygen atoms in total. The Hall–Kier alpha value is -3.00. The number of hydrogen-bond donors (Lipinski definition) is 2. The molecule has 25 heavy (non-hydrogen) atoms. The fourth-order valence-corrected chi connectivity index (χ4v) is 3.55. The van der Waals surface area contributed by atoms with Crippen LogP contribution in [0.5, 0.6) is 0 Å². The molecule has 0 atom stereocenters. The van der Waals surface area contributed by atoms with Crippen LogP contribution in [0.1, 0.15) is 10.4 Å². The van der Waals surface area contributed by atoms with Crippen molar-refractivity contribution in [1.29, 1.82) is 0 Å². The lowest BCUT2D eigenvalue weighted by Gasteiger charge is -2.13. The fourth-order valence-electron chi connectivity index (χ4n) is 2.45. The van der Waals surface area contributed by atoms with Crippen LogP contribution in [0, 0.1) is 11.6 Å². The van der Waals surface area contributed by atoms with Crippen molar-refractivity contribution in [2.75, 3.05) is 4.72 Å². The van der Waals surface area contributed by atoms with E-state index in [0.717, 1.165) is 18.2 Å². The lowest BCUT2D eigenvalue weighted by Crippen LogP contribution is -2.16. The SMILES string of the molecule is O=C(O)c1c(NS(=O)(=O)c2cccc(F)c2)ccc2ccc(F)cc12. The molecule has 0 amide bonds. The minimum absolute atomic E-state index is 0.0481. The van der Waals surface area contributed by atoms with Gasteiger partial charge in [-0.05, 0) is 41.8 Å². The van der Waals surface area contributed by atoms with E-state index in [2.05, 4.69) is 4.72 Å². The lowest BCUT2D eigenvalue weighted by atomic mass is 10.0. The zero-order chi connectivity index (χ0) is 18.2. The monoisotopic (exact) mass is 363 g/mol. The van der Waals surface area contributed by atoms with E-state index in [-0.39, 0.29) is 16.0 Å². The molecule has 0 saturated heterocycles. The largest absolute Gasteiger partial charge is 0.478 e. The number of hydrogen-bond acceptors (Lipinski definition) is 3. The predicted octanol–water partition coefficient (Wildman–Crippen LogP) is 3.62. The van der Waals surface area contributed by atoms with E-state index in [1.54, 1.807) is 0 Å². The van der Waals surface area contributed by atoms with Crippen molar-refractivity contribution in [2.45, 2.75) is 4.90 Å². The van der Waals surface area contributed by atoms with Gasteiger partial charge in [0, 0.05) is 5.39 Å². The van der Waals surface area contributed by atoms with Crippen LogP contribution in [-0.2, 0) is 10.0 Å². The second-order valence-corrected chi connectivity index (χ2v) is 6.90. The van der Waals surface area contributed by atoms with Crippen molar-refractivity contribution in [3.8, 4) is 0 Å². The molecule has 3 rings (SSSR count). The molecule has 0 bridgehead atoms. The molecular weight excluding hydrogens is 352 g/mol. The summed E-state index contributed by atoms with van der Waals surface area (Å²) in [5.74, 6) is -2.82. The van der Waals surface area contributed by atoms with Gasteiger partial charge in [-0.3, -0.25) is 4.72 Å². The number of anilines is 1. The number of carboxylic acids is 1. The molecule has 0 spiro atoms. The average Bonchev–Trinajstić information content (AvgIpc) is 2.53. The number of halogens is 2. The number of carbonyl (C=O) groups is 1. The summed E-state index contributed by atoms with van der Waals surface area (Å²) in [5, 5.41) is 9.93. The zero-order valence-electron chi connectivity index (χ0n) is 12.5. The summed E-state index contributed by atoms with van der Waals surface area (Å²) in [6, 6.07) is 10.6. The maximum absolute atomic E-state index is 13.5. The third-order valence-corrected chi connectivity index (χ3v) is 4.91. The van der Waals surface area contributed by atoms with Crippen molar-refractivity contribution < 1.29 is 27.1 Å². The van der Waals surface area contributed by atoms with Crippen LogP contribution in [0.25, 0.3) is 10.8 Å². The van der Waals surface area contributed by atoms with Gasteiger partial charge in [0.25, 0.3) is 10.0 Å². The molecule has 3 aromatic rings. The number of fused-ring (bicyclic) bond motifs is 1. The van der Waals surface area contributed by atoms with E-state index >= 15 is 0 Å². The van der Waals surface area contributed by atoms with Crippen LogP contribution in [-0.4, -0.2) is 19.5 Å². The third-order valence-electron chi connectivity index (χ3n) is 3.55. The van der Waals surface area contributed by atoms with E-state index in [1.165, 1.54) is 36.4 Å². The molecule has 8 heteroatoms. The molecule has 2 N–H and O–H groups in total. The highest BCUT2D eigenvalue weighted by atomic mass is 32.2. The van der Waals surface area contributed by atoms with Crippen LogP contribution in [0.15, 0.2) is 59.5 Å². The Morgan fingerprint density at radius 3 is 2.32 bits per heavy atom. The maximum Gasteiger partial charge on any atom is 0.338 e. The van der Waals surface area contributed by atoms with Gasteiger partial charge in [-0.1, -0.05) is 18.2 Å². The Morgan fingerprint density at radius 1 is 0.960 bits per heavy atom. The minimum Gasteiger partial charge on any atom is -0.478 e. The van der Waals surface area contributed by atoms with Crippen LogP contribution in [0.3, 0.4) is 0 Å². The Labute approximate surface area is 141 Å². The van der Waals surface area contributed by atoms with E-state index < -0.39 is 33.2 Å². The van der Waals surface area contributed by atoms with Crippen LogP contribution < -0.4 is 4.72 Å². The van der Waals surface area contributed by atoms with E-state index in [1.807, 2.05) is 0 Å². The van der Waals surface area contributed by atoms with Gasteiger partial charge in [0.1, 0.15) is 11.6 Å². The number of nitrogens with one attached hydrogen (secondary N) is 1. The zero-order valence-corrected chi connectivity index (χ0v) is 13.3. The summed E-state index contributed by atoms with van der Waals surface area (Å²) in [6.07, 6.45) is 0. The number of rotatable bonds is 4. The molecule has 3 aromatic carbocycles. The first kappa shape index (κ1) is 16.8. The summed E-state index contributed by atoms with van der Waals surface area (Å²) in [6.45, 7) is 0. The molecule has 0 unspecified atom stereocenters. The standard InChI is InChI=1S/C17H11F2NO4S/c18-11-2-1-3-13(8-11)25(23,24)20-15-7-5-10-4-6-12(19)9-14(10)16(15)17(21)22/h1-9,20H,(H,21,22). The highest BCUT2D eigenvalue weighted by Crippen LogP contribution is 2.29. The second-order valence-electron chi connectivity index (χ2n) is 5.22. The molecule has 0 aliphatic rings. The first-order chi connectivity index (χ1) is 11.8. The summed E-state index contributed by atoms with van der Waals surface area (Å²) in [4.78, 5) is 11.2. The van der Waals surface area contributed by atoms with Crippen molar-refractivity contribution in [3.63, 3.8) is 0 Å². The first-order valence-corrected chi connectivity index (χ1v) is 8.50. The molecular formula is C17H11F2NO4S. The number of sulfonamides is 1. The van der Waals surface area contributed by atoms with E-state index in [9.17, 15) is 27.1 Å². The quantitative estimate of drug-likeness (QED) is 0.742. The van der Waals surface area contributed by atoms with Gasteiger partial charge in [0.2, 0.25) is 0 Å². The van der Waals surface area contributed by atoms with E-state index in [0.29, 0.717) is 5.39 Å². The molecule has 0 saturated carbocycles. The average molecular weight is 363 g/mol. The topological polar surface area (TPSA) is 83.5 Å². The van der Waals surface area contributed by atoms with Crippen LogP contribution in [0.4, 0.5) is 14.5 Å². The number of benzene rings is 3. The molecule has 0 aromatic heterocycles. The molecule has 0 heterocycles. The molecule has 0 aliphatic carbocycles. The van der Waals surface area contributed by atoms with Gasteiger partial charge < -0.3 is 5.11 Å². The Balaban J connectivity index is 2.16. The normalized spacial score (nSPS) is 11.4. The number of aromatic carboxylic acids is 1. The third kappa shape index (κ3) is 3.29. The summed E-state index contributed by atoms with van der Waals surface area (Å²) < 4.78 is 53.7. The highest BCUT2D eigenvalue weighted by Gasteiger charge is 2.21. The Kier molecular flexibility index (Phi) is 4.13. The van der Waals surface area contributed by atoms with Gasteiger partial charge in [-0.2, -0.15) is 0 Å². The highest BCUT2D eigenvalue weighted by molar-refractivity contribution is 7.92. The molecule has 128 valence electrons. The van der Waals surface area contributed by atoms with Gasteiger partial charge >= 0.3 is 5.97 Å². The Bertz CT molecular complexity index is 1100. The van der Waals surface area contributed by atoms with Crippen molar-refractivity contribution >= 4 is 32.5 Å². The van der Waals surface area contributed by atoms with Crippen LogP contribution >= 0.6 is 0 Å². The fraction of sp³-hybridized carbons (Fsp3) is 0. The van der Waals surface area contributed by atoms with Crippen molar-refractivity contribution in [3.05, 3.63) is 71.8 Å². The number of carboxylic acid groups (broad SMARTS) is 1. The predicted molar refractivity (Wildman–Crippen MR) is 88.1 cm³/mol. The molecule has 0 aliphatic heterocycles.